The summed E-state index contributed by atoms with van der Waals surface area (Å²) in [5.74, 6) is 1.97. The molecule has 27 heavy (non-hydrogen) atoms. The number of thiophene rings is 2. The van der Waals surface area contributed by atoms with E-state index in [9.17, 15) is 4.79 Å². The Balaban J connectivity index is 1.76. The highest BCUT2D eigenvalue weighted by atomic mass is 32.1. The number of fused-ring (bicyclic) bond motifs is 1. The van der Waals surface area contributed by atoms with E-state index in [2.05, 4.69) is 4.98 Å². The van der Waals surface area contributed by atoms with E-state index < -0.39 is 0 Å². The number of H-pyrrole nitrogens is 1. The number of rotatable bonds is 5. The molecule has 0 saturated carbocycles. The van der Waals surface area contributed by atoms with Crippen molar-refractivity contribution in [3.8, 4) is 21.9 Å². The third kappa shape index (κ3) is 3.24. The van der Waals surface area contributed by atoms with Crippen molar-refractivity contribution in [3.05, 3.63) is 62.3 Å². The Morgan fingerprint density at radius 1 is 1.15 bits per heavy atom. The lowest BCUT2D eigenvalue weighted by Gasteiger charge is -2.09. The van der Waals surface area contributed by atoms with Gasteiger partial charge in [-0.05, 0) is 36.1 Å². The fourth-order valence-corrected chi connectivity index (χ4v) is 5.10. The van der Waals surface area contributed by atoms with Crippen molar-refractivity contribution in [2.45, 2.75) is 13.3 Å². The summed E-state index contributed by atoms with van der Waals surface area (Å²) in [5, 5.41) is 2.70. The van der Waals surface area contributed by atoms with Gasteiger partial charge in [0, 0.05) is 21.7 Å². The molecule has 4 aromatic rings. The van der Waals surface area contributed by atoms with Gasteiger partial charge in [0.2, 0.25) is 0 Å². The van der Waals surface area contributed by atoms with Crippen LogP contribution in [-0.2, 0) is 6.42 Å². The van der Waals surface area contributed by atoms with Crippen LogP contribution in [0.4, 0.5) is 0 Å². The summed E-state index contributed by atoms with van der Waals surface area (Å²) in [7, 11) is 3.21. The first-order chi connectivity index (χ1) is 13.1. The molecule has 0 bridgehead atoms. The van der Waals surface area contributed by atoms with Gasteiger partial charge in [0.1, 0.15) is 10.7 Å². The molecule has 5 nitrogen and oxygen atoms in total. The van der Waals surface area contributed by atoms with Crippen LogP contribution in [0.2, 0.25) is 0 Å². The number of hydrogen-bond donors (Lipinski definition) is 1. The molecule has 0 saturated heterocycles. The quantitative estimate of drug-likeness (QED) is 0.532. The van der Waals surface area contributed by atoms with Gasteiger partial charge in [0.05, 0.1) is 19.6 Å². The molecular weight excluding hydrogens is 380 g/mol. The Kier molecular flexibility index (Phi) is 4.72. The van der Waals surface area contributed by atoms with Crippen molar-refractivity contribution in [1.29, 1.82) is 0 Å². The second-order valence-electron chi connectivity index (χ2n) is 6.07. The van der Waals surface area contributed by atoms with Gasteiger partial charge < -0.3 is 14.5 Å². The first kappa shape index (κ1) is 17.8. The van der Waals surface area contributed by atoms with Crippen LogP contribution in [-0.4, -0.2) is 24.2 Å². The van der Waals surface area contributed by atoms with Crippen LogP contribution >= 0.6 is 22.7 Å². The minimum atomic E-state index is -0.0942. The third-order valence-electron chi connectivity index (χ3n) is 4.37. The van der Waals surface area contributed by atoms with E-state index in [1.165, 1.54) is 0 Å². The molecule has 0 aliphatic carbocycles. The maximum absolute atomic E-state index is 12.8. The largest absolute Gasteiger partial charge is 0.493 e. The number of aromatic amines is 1. The molecule has 0 aliphatic rings. The smallest absolute Gasteiger partial charge is 0.260 e. The summed E-state index contributed by atoms with van der Waals surface area (Å²) >= 11 is 3.19. The molecule has 7 heteroatoms. The van der Waals surface area contributed by atoms with Gasteiger partial charge in [-0.25, -0.2) is 4.98 Å². The van der Waals surface area contributed by atoms with Crippen molar-refractivity contribution in [3.63, 3.8) is 0 Å². The lowest BCUT2D eigenvalue weighted by Crippen LogP contribution is -2.11. The zero-order valence-electron chi connectivity index (χ0n) is 15.2. The lowest BCUT2D eigenvalue weighted by atomic mass is 10.1. The summed E-state index contributed by atoms with van der Waals surface area (Å²) in [6, 6.07) is 9.74. The van der Waals surface area contributed by atoms with Gasteiger partial charge in [-0.2, -0.15) is 0 Å². The van der Waals surface area contributed by atoms with Crippen molar-refractivity contribution >= 4 is 32.9 Å². The molecule has 0 spiro atoms. The van der Waals surface area contributed by atoms with Crippen molar-refractivity contribution < 1.29 is 9.47 Å². The standard InChI is InChI=1S/C20H18N2O3S2/c1-11-17(15-5-4-8-26-15)18-19(23)21-16(22-20(18)27-11)10-12-6-7-13(24-2)14(9-12)25-3/h4-9H,10H2,1-3H3,(H,21,22,23). The summed E-state index contributed by atoms with van der Waals surface area (Å²) in [4.78, 5) is 23.5. The van der Waals surface area contributed by atoms with Crippen LogP contribution in [0.1, 0.15) is 16.3 Å². The molecule has 0 unspecified atom stereocenters. The normalized spacial score (nSPS) is 11.1. The summed E-state index contributed by atoms with van der Waals surface area (Å²) in [5.41, 5.74) is 1.89. The number of benzene rings is 1. The lowest BCUT2D eigenvalue weighted by molar-refractivity contribution is 0.354. The molecule has 0 fully saturated rings. The zero-order valence-corrected chi connectivity index (χ0v) is 16.8. The number of nitrogens with zero attached hydrogens (tertiary/aromatic N) is 1. The van der Waals surface area contributed by atoms with E-state index in [-0.39, 0.29) is 5.56 Å². The Morgan fingerprint density at radius 2 is 1.96 bits per heavy atom. The van der Waals surface area contributed by atoms with Gasteiger partial charge in [-0.3, -0.25) is 4.79 Å². The molecule has 0 atom stereocenters. The average Bonchev–Trinajstić information content (AvgIpc) is 3.28. The Bertz CT molecular complexity index is 1160. The van der Waals surface area contributed by atoms with E-state index >= 15 is 0 Å². The van der Waals surface area contributed by atoms with Gasteiger partial charge in [0.25, 0.3) is 5.56 Å². The number of nitrogens with one attached hydrogen (secondary N) is 1. The molecule has 138 valence electrons. The number of methoxy groups -OCH3 is 2. The summed E-state index contributed by atoms with van der Waals surface area (Å²) in [6.07, 6.45) is 0.511. The van der Waals surface area contributed by atoms with E-state index in [4.69, 9.17) is 14.5 Å². The van der Waals surface area contributed by atoms with Crippen molar-refractivity contribution in [2.75, 3.05) is 14.2 Å². The van der Waals surface area contributed by atoms with Gasteiger partial charge in [-0.15, -0.1) is 22.7 Å². The number of aryl methyl sites for hydroxylation is 1. The molecular formula is C20H18N2O3S2. The van der Waals surface area contributed by atoms with Crippen LogP contribution in [0, 0.1) is 6.92 Å². The van der Waals surface area contributed by atoms with E-state index in [1.54, 1.807) is 36.9 Å². The fraction of sp³-hybridized carbons (Fsp3) is 0.200. The first-order valence-corrected chi connectivity index (χ1v) is 10.1. The Morgan fingerprint density at radius 3 is 2.67 bits per heavy atom. The third-order valence-corrected chi connectivity index (χ3v) is 6.26. The Hall–Kier alpha value is -2.64. The number of hydrogen-bond acceptors (Lipinski definition) is 6. The van der Waals surface area contributed by atoms with Crippen molar-refractivity contribution in [1.82, 2.24) is 9.97 Å². The van der Waals surface area contributed by atoms with Crippen LogP contribution in [0.3, 0.4) is 0 Å². The SMILES string of the molecule is COc1ccc(Cc2nc3sc(C)c(-c4cccs4)c3c(=O)[nH]2)cc1OC. The van der Waals surface area contributed by atoms with Gasteiger partial charge in [0.15, 0.2) is 11.5 Å². The first-order valence-electron chi connectivity index (χ1n) is 8.37. The minimum absolute atomic E-state index is 0.0942. The topological polar surface area (TPSA) is 64.2 Å². The Labute approximate surface area is 164 Å². The van der Waals surface area contributed by atoms with E-state index in [0.29, 0.717) is 29.1 Å². The predicted molar refractivity (Wildman–Crippen MR) is 111 cm³/mol. The predicted octanol–water partition coefficient (Wildman–Crippen LogP) is 4.63. The van der Waals surface area contributed by atoms with Gasteiger partial charge in [-0.1, -0.05) is 12.1 Å². The average molecular weight is 399 g/mol. The molecule has 0 aliphatic heterocycles. The maximum atomic E-state index is 12.8. The molecule has 0 amide bonds. The monoisotopic (exact) mass is 398 g/mol. The molecule has 1 aromatic carbocycles. The molecule has 4 rings (SSSR count). The zero-order chi connectivity index (χ0) is 19.0. The molecule has 3 aromatic heterocycles. The van der Waals surface area contributed by atoms with Gasteiger partial charge >= 0.3 is 0 Å². The number of ether oxygens (including phenoxy) is 2. The maximum Gasteiger partial charge on any atom is 0.260 e. The molecule has 1 N–H and O–H groups in total. The highest BCUT2D eigenvalue weighted by Crippen LogP contribution is 2.37. The van der Waals surface area contributed by atoms with Crippen LogP contribution in [0.25, 0.3) is 20.7 Å². The second kappa shape index (κ2) is 7.17. The van der Waals surface area contributed by atoms with Crippen molar-refractivity contribution in [2.24, 2.45) is 0 Å². The summed E-state index contributed by atoms with van der Waals surface area (Å²) in [6.45, 7) is 2.04. The highest BCUT2D eigenvalue weighted by molar-refractivity contribution is 7.20. The molecule has 0 radical (unpaired) electrons. The second-order valence-corrected chi connectivity index (χ2v) is 8.22. The fourth-order valence-electron chi connectivity index (χ4n) is 3.15. The minimum Gasteiger partial charge on any atom is -0.493 e. The number of aromatic nitrogens is 2. The van der Waals surface area contributed by atoms with Crippen LogP contribution in [0.5, 0.6) is 11.5 Å². The van der Waals surface area contributed by atoms with E-state index in [1.807, 2.05) is 42.6 Å². The van der Waals surface area contributed by atoms with Crippen LogP contribution < -0.4 is 15.0 Å². The van der Waals surface area contributed by atoms with Crippen LogP contribution in [0.15, 0.2) is 40.5 Å². The molecule has 3 heterocycles. The summed E-state index contributed by atoms with van der Waals surface area (Å²) < 4.78 is 10.6. The highest BCUT2D eigenvalue weighted by Gasteiger charge is 2.17. The van der Waals surface area contributed by atoms with E-state index in [0.717, 1.165) is 25.7 Å².